The second kappa shape index (κ2) is 5.04. The molecule has 0 bridgehead atoms. The molecule has 6 nitrogen and oxygen atoms in total. The second-order valence-corrected chi connectivity index (χ2v) is 8.02. The predicted octanol–water partition coefficient (Wildman–Crippen LogP) is 2.34. The largest absolute Gasteiger partial charge is 0.265 e. The minimum Gasteiger partial charge on any atom is -0.265 e. The van der Waals surface area contributed by atoms with Gasteiger partial charge in [-0.25, -0.2) is 13.4 Å². The topological polar surface area (TPSA) is 68.1 Å². The van der Waals surface area contributed by atoms with E-state index in [1.54, 1.807) is 17.8 Å². The highest BCUT2D eigenvalue weighted by Gasteiger charge is 2.32. The van der Waals surface area contributed by atoms with Gasteiger partial charge in [-0.2, -0.15) is 5.10 Å². The zero-order valence-electron chi connectivity index (χ0n) is 13.8. The Balaban J connectivity index is 1.87. The van der Waals surface area contributed by atoms with Crippen molar-refractivity contribution in [2.75, 3.05) is 10.8 Å². The minimum atomic E-state index is -3.64. The number of sulfonamides is 1. The van der Waals surface area contributed by atoms with Crippen LogP contribution in [-0.4, -0.2) is 29.7 Å². The summed E-state index contributed by atoms with van der Waals surface area (Å²) in [6.07, 6.45) is 2.16. The van der Waals surface area contributed by atoms with E-state index in [9.17, 15) is 8.42 Å². The van der Waals surface area contributed by atoms with Crippen molar-refractivity contribution in [3.8, 4) is 0 Å². The maximum atomic E-state index is 13.2. The molecule has 7 heteroatoms. The number of benzene rings is 1. The van der Waals surface area contributed by atoms with Crippen molar-refractivity contribution in [1.29, 1.82) is 0 Å². The first kappa shape index (κ1) is 15.1. The van der Waals surface area contributed by atoms with Gasteiger partial charge in [0.2, 0.25) is 0 Å². The maximum absolute atomic E-state index is 13.2. The Morgan fingerprint density at radius 2 is 2.00 bits per heavy atom. The summed E-state index contributed by atoms with van der Waals surface area (Å²) in [5.74, 6) is 0. The van der Waals surface area contributed by atoms with Crippen LogP contribution in [-0.2, 0) is 23.5 Å². The first-order chi connectivity index (χ1) is 11.4. The summed E-state index contributed by atoms with van der Waals surface area (Å²) < 4.78 is 29.5. The monoisotopic (exact) mass is 342 g/mol. The Hall–Kier alpha value is -2.41. The van der Waals surface area contributed by atoms with Crippen LogP contribution in [0.4, 0.5) is 5.69 Å². The van der Waals surface area contributed by atoms with E-state index < -0.39 is 10.0 Å². The number of pyridine rings is 1. The normalized spacial score (nSPS) is 14.4. The van der Waals surface area contributed by atoms with Gasteiger partial charge in [0, 0.05) is 25.2 Å². The lowest BCUT2D eigenvalue weighted by Gasteiger charge is -2.21. The summed E-state index contributed by atoms with van der Waals surface area (Å²) in [6, 6.07) is 7.58. The van der Waals surface area contributed by atoms with E-state index in [0.29, 0.717) is 12.2 Å². The number of hydrogen-bond donors (Lipinski definition) is 0. The molecule has 2 aromatic heterocycles. The van der Waals surface area contributed by atoms with Gasteiger partial charge in [0.05, 0.1) is 11.4 Å². The Bertz CT molecular complexity index is 1070. The van der Waals surface area contributed by atoms with Gasteiger partial charge in [-0.3, -0.25) is 8.99 Å². The summed E-state index contributed by atoms with van der Waals surface area (Å²) in [4.78, 5) is 4.52. The van der Waals surface area contributed by atoms with Crippen LogP contribution in [0.3, 0.4) is 0 Å². The zero-order chi connectivity index (χ0) is 17.1. The van der Waals surface area contributed by atoms with Crippen LogP contribution >= 0.6 is 0 Å². The van der Waals surface area contributed by atoms with E-state index in [-0.39, 0.29) is 4.90 Å². The molecule has 0 N–H and O–H groups in total. The van der Waals surface area contributed by atoms with Crippen molar-refractivity contribution in [1.82, 2.24) is 14.8 Å². The molecular formula is C17H18N4O2S. The molecule has 1 aliphatic heterocycles. The summed E-state index contributed by atoms with van der Waals surface area (Å²) >= 11 is 0. The van der Waals surface area contributed by atoms with Crippen LogP contribution in [0.15, 0.2) is 35.4 Å². The van der Waals surface area contributed by atoms with Gasteiger partial charge in [-0.15, -0.1) is 0 Å². The average molecular weight is 342 g/mol. The number of anilines is 1. The number of hydrogen-bond acceptors (Lipinski definition) is 4. The second-order valence-electron chi connectivity index (χ2n) is 6.16. The molecule has 0 spiro atoms. The van der Waals surface area contributed by atoms with Gasteiger partial charge < -0.3 is 0 Å². The molecule has 4 rings (SSSR count). The lowest BCUT2D eigenvalue weighted by Crippen LogP contribution is -2.29. The first-order valence-corrected chi connectivity index (χ1v) is 9.24. The first-order valence-electron chi connectivity index (χ1n) is 7.80. The quantitative estimate of drug-likeness (QED) is 0.717. The zero-order valence-corrected chi connectivity index (χ0v) is 14.6. The van der Waals surface area contributed by atoms with Crippen molar-refractivity contribution < 1.29 is 8.42 Å². The van der Waals surface area contributed by atoms with Crippen molar-refractivity contribution in [2.45, 2.75) is 25.2 Å². The van der Waals surface area contributed by atoms with Gasteiger partial charge in [0.25, 0.3) is 10.0 Å². The van der Waals surface area contributed by atoms with E-state index in [0.717, 1.165) is 34.3 Å². The molecule has 0 saturated carbocycles. The minimum absolute atomic E-state index is 0.210. The standard InChI is InChI=1S/C17H18N4O2S/c1-11-5-4-6-13-7-8-21(16(11)13)24(22,23)14-9-15-12(2)19-20(3)17(15)18-10-14/h4-6,9-10H,7-8H2,1-3H3. The number of nitrogens with zero attached hydrogens (tertiary/aromatic N) is 4. The molecule has 3 aromatic rings. The Morgan fingerprint density at radius 3 is 2.79 bits per heavy atom. The van der Waals surface area contributed by atoms with Crippen molar-refractivity contribution in [2.24, 2.45) is 7.05 Å². The third kappa shape index (κ3) is 2.04. The molecule has 1 aliphatic rings. The molecular weight excluding hydrogens is 324 g/mol. The van der Waals surface area contributed by atoms with Gasteiger partial charge in [0.1, 0.15) is 4.90 Å². The van der Waals surface area contributed by atoms with E-state index in [2.05, 4.69) is 10.1 Å². The van der Waals surface area contributed by atoms with Crippen LogP contribution in [0.1, 0.15) is 16.8 Å². The molecule has 124 valence electrons. The molecule has 24 heavy (non-hydrogen) atoms. The molecule has 0 aliphatic carbocycles. The van der Waals surface area contributed by atoms with E-state index >= 15 is 0 Å². The fourth-order valence-electron chi connectivity index (χ4n) is 3.41. The molecule has 0 radical (unpaired) electrons. The Kier molecular flexibility index (Phi) is 3.18. The van der Waals surface area contributed by atoms with Crippen molar-refractivity contribution in [3.05, 3.63) is 47.3 Å². The van der Waals surface area contributed by atoms with E-state index in [1.807, 2.05) is 32.0 Å². The third-order valence-electron chi connectivity index (χ3n) is 4.58. The fraction of sp³-hybridized carbons (Fsp3) is 0.294. The number of para-hydroxylation sites is 1. The van der Waals surface area contributed by atoms with Crippen LogP contribution in [0.25, 0.3) is 11.0 Å². The van der Waals surface area contributed by atoms with Gasteiger partial charge in [-0.1, -0.05) is 18.2 Å². The lowest BCUT2D eigenvalue weighted by atomic mass is 10.1. The fourth-order valence-corrected chi connectivity index (χ4v) is 4.95. The predicted molar refractivity (Wildman–Crippen MR) is 92.7 cm³/mol. The van der Waals surface area contributed by atoms with E-state index in [4.69, 9.17) is 0 Å². The van der Waals surface area contributed by atoms with Crippen LogP contribution in [0, 0.1) is 13.8 Å². The lowest BCUT2D eigenvalue weighted by molar-refractivity contribution is 0.592. The van der Waals surface area contributed by atoms with Crippen LogP contribution < -0.4 is 4.31 Å². The number of aryl methyl sites for hydroxylation is 3. The maximum Gasteiger partial charge on any atom is 0.265 e. The van der Waals surface area contributed by atoms with Gasteiger partial charge >= 0.3 is 0 Å². The molecule has 1 aromatic carbocycles. The van der Waals surface area contributed by atoms with Gasteiger partial charge in [-0.05, 0) is 37.5 Å². The molecule has 0 unspecified atom stereocenters. The van der Waals surface area contributed by atoms with Crippen LogP contribution in [0.2, 0.25) is 0 Å². The summed E-state index contributed by atoms with van der Waals surface area (Å²) in [5, 5.41) is 5.07. The summed E-state index contributed by atoms with van der Waals surface area (Å²) in [6.45, 7) is 4.27. The Labute approximate surface area is 140 Å². The Morgan fingerprint density at radius 1 is 1.21 bits per heavy atom. The summed E-state index contributed by atoms with van der Waals surface area (Å²) in [7, 11) is -1.84. The summed E-state index contributed by atoms with van der Waals surface area (Å²) in [5.41, 5.74) is 4.31. The highest BCUT2D eigenvalue weighted by molar-refractivity contribution is 7.92. The molecule has 0 amide bonds. The molecule has 0 atom stereocenters. The van der Waals surface area contributed by atoms with Crippen molar-refractivity contribution >= 4 is 26.7 Å². The third-order valence-corrected chi connectivity index (χ3v) is 6.35. The van der Waals surface area contributed by atoms with E-state index in [1.165, 1.54) is 10.5 Å². The van der Waals surface area contributed by atoms with Crippen molar-refractivity contribution in [3.63, 3.8) is 0 Å². The highest BCUT2D eigenvalue weighted by atomic mass is 32.2. The smallest absolute Gasteiger partial charge is 0.265 e. The average Bonchev–Trinajstić information content (AvgIpc) is 3.11. The highest BCUT2D eigenvalue weighted by Crippen LogP contribution is 2.36. The van der Waals surface area contributed by atoms with Gasteiger partial charge in [0.15, 0.2) is 5.65 Å². The SMILES string of the molecule is Cc1cccc2c1N(S(=O)(=O)c1cnc3c(c1)c(C)nn3C)CC2. The number of rotatable bonds is 2. The molecule has 0 saturated heterocycles. The number of fused-ring (bicyclic) bond motifs is 2. The molecule has 3 heterocycles. The molecule has 0 fully saturated rings. The number of aromatic nitrogens is 3. The van der Waals surface area contributed by atoms with Crippen LogP contribution in [0.5, 0.6) is 0 Å².